The smallest absolute Gasteiger partial charge is 0.234 e. The van der Waals surface area contributed by atoms with Gasteiger partial charge in [0.2, 0.25) is 5.91 Å². The molecule has 1 saturated carbocycles. The molecule has 4 heteroatoms. The van der Waals surface area contributed by atoms with Gasteiger partial charge in [-0.25, -0.2) is 0 Å². The Morgan fingerprint density at radius 3 is 2.41 bits per heavy atom. The van der Waals surface area contributed by atoms with Gasteiger partial charge in [0.05, 0.1) is 6.54 Å². The summed E-state index contributed by atoms with van der Waals surface area (Å²) < 4.78 is 0. The molecule has 1 amide bonds. The fourth-order valence-corrected chi connectivity index (χ4v) is 2.49. The Bertz CT molecular complexity index is 236. The summed E-state index contributed by atoms with van der Waals surface area (Å²) in [6.07, 6.45) is 4.35. The second-order valence-electron chi connectivity index (χ2n) is 5.49. The summed E-state index contributed by atoms with van der Waals surface area (Å²) in [4.78, 5) is 13.8. The van der Waals surface area contributed by atoms with Crippen LogP contribution < -0.4 is 5.32 Å². The Balaban J connectivity index is 2.28. The van der Waals surface area contributed by atoms with E-state index in [0.717, 1.165) is 25.7 Å². The molecule has 1 fully saturated rings. The number of rotatable bonds is 5. The van der Waals surface area contributed by atoms with Crippen molar-refractivity contribution in [3.63, 3.8) is 0 Å². The Hall–Kier alpha value is -0.610. The lowest BCUT2D eigenvalue weighted by Crippen LogP contribution is -2.43. The van der Waals surface area contributed by atoms with Gasteiger partial charge in [0.25, 0.3) is 0 Å². The SMILES string of the molecule is CC(C)NC(=O)CN(C)C1CCC(CO)CC1. The zero-order valence-electron chi connectivity index (χ0n) is 11.3. The number of aliphatic hydroxyl groups excluding tert-OH is 1. The number of carbonyl (C=O) groups excluding carboxylic acids is 1. The standard InChI is InChI=1S/C13H26N2O2/c1-10(2)14-13(17)8-15(3)12-6-4-11(9-16)5-7-12/h10-12,16H,4-9H2,1-3H3,(H,14,17). The summed E-state index contributed by atoms with van der Waals surface area (Å²) in [6.45, 7) is 4.74. The van der Waals surface area contributed by atoms with E-state index in [2.05, 4.69) is 10.2 Å². The molecule has 1 aliphatic carbocycles. The Morgan fingerprint density at radius 2 is 1.94 bits per heavy atom. The predicted molar refractivity (Wildman–Crippen MR) is 68.7 cm³/mol. The molecule has 0 bridgehead atoms. The molecule has 100 valence electrons. The molecule has 0 spiro atoms. The molecule has 1 rings (SSSR count). The largest absolute Gasteiger partial charge is 0.396 e. The Kier molecular flexibility index (Phi) is 5.92. The van der Waals surface area contributed by atoms with Gasteiger partial charge in [-0.05, 0) is 52.5 Å². The molecule has 0 atom stereocenters. The molecule has 0 radical (unpaired) electrons. The first-order valence-corrected chi connectivity index (χ1v) is 6.63. The van der Waals surface area contributed by atoms with Gasteiger partial charge in [-0.15, -0.1) is 0 Å². The molecule has 2 N–H and O–H groups in total. The normalized spacial score (nSPS) is 25.3. The maximum atomic E-state index is 11.6. The van der Waals surface area contributed by atoms with E-state index in [4.69, 9.17) is 5.11 Å². The fraction of sp³-hybridized carbons (Fsp3) is 0.923. The molecule has 1 aliphatic rings. The first-order valence-electron chi connectivity index (χ1n) is 6.63. The summed E-state index contributed by atoms with van der Waals surface area (Å²) >= 11 is 0. The second-order valence-corrected chi connectivity index (χ2v) is 5.49. The quantitative estimate of drug-likeness (QED) is 0.756. The lowest BCUT2D eigenvalue weighted by molar-refractivity contribution is -0.123. The highest BCUT2D eigenvalue weighted by molar-refractivity contribution is 5.78. The van der Waals surface area contributed by atoms with Gasteiger partial charge in [0.1, 0.15) is 0 Å². The summed E-state index contributed by atoms with van der Waals surface area (Å²) in [5, 5.41) is 12.0. The molecule has 0 heterocycles. The molecule has 0 aromatic rings. The highest BCUT2D eigenvalue weighted by atomic mass is 16.3. The van der Waals surface area contributed by atoms with E-state index >= 15 is 0 Å². The van der Waals surface area contributed by atoms with Crippen molar-refractivity contribution < 1.29 is 9.90 Å². The van der Waals surface area contributed by atoms with Gasteiger partial charge in [-0.3, -0.25) is 9.69 Å². The van der Waals surface area contributed by atoms with Gasteiger partial charge in [0.15, 0.2) is 0 Å². The molecule has 4 nitrogen and oxygen atoms in total. The second kappa shape index (κ2) is 6.97. The van der Waals surface area contributed by atoms with E-state index in [1.165, 1.54) is 0 Å². The third kappa shape index (κ3) is 5.04. The average Bonchev–Trinajstić information content (AvgIpc) is 2.28. The average molecular weight is 242 g/mol. The van der Waals surface area contributed by atoms with Crippen LogP contribution >= 0.6 is 0 Å². The number of amides is 1. The number of hydrogen-bond acceptors (Lipinski definition) is 3. The van der Waals surface area contributed by atoms with Crippen molar-refractivity contribution in [2.24, 2.45) is 5.92 Å². The maximum Gasteiger partial charge on any atom is 0.234 e. The van der Waals surface area contributed by atoms with Crippen LogP contribution in [0.15, 0.2) is 0 Å². The van der Waals surface area contributed by atoms with Crippen LogP contribution in [0.1, 0.15) is 39.5 Å². The van der Waals surface area contributed by atoms with Gasteiger partial charge in [-0.2, -0.15) is 0 Å². The zero-order chi connectivity index (χ0) is 12.8. The van der Waals surface area contributed by atoms with E-state index in [0.29, 0.717) is 25.1 Å². The lowest BCUT2D eigenvalue weighted by Gasteiger charge is -2.33. The zero-order valence-corrected chi connectivity index (χ0v) is 11.3. The van der Waals surface area contributed by atoms with Crippen LogP contribution in [-0.4, -0.2) is 48.2 Å². The number of hydrogen-bond donors (Lipinski definition) is 2. The summed E-state index contributed by atoms with van der Waals surface area (Å²) in [5.41, 5.74) is 0. The lowest BCUT2D eigenvalue weighted by atomic mass is 9.86. The highest BCUT2D eigenvalue weighted by Gasteiger charge is 2.24. The minimum Gasteiger partial charge on any atom is -0.396 e. The summed E-state index contributed by atoms with van der Waals surface area (Å²) in [6, 6.07) is 0.705. The van der Waals surface area contributed by atoms with E-state index in [9.17, 15) is 4.79 Å². The third-order valence-electron chi connectivity index (χ3n) is 3.54. The van der Waals surface area contributed by atoms with Gasteiger partial charge < -0.3 is 10.4 Å². The van der Waals surface area contributed by atoms with E-state index in [1.807, 2.05) is 20.9 Å². The molecule has 0 saturated heterocycles. The van der Waals surface area contributed by atoms with Crippen molar-refractivity contribution in [3.05, 3.63) is 0 Å². The van der Waals surface area contributed by atoms with Crippen molar-refractivity contribution in [3.8, 4) is 0 Å². The van der Waals surface area contributed by atoms with Crippen LogP contribution in [0.25, 0.3) is 0 Å². The van der Waals surface area contributed by atoms with Crippen molar-refractivity contribution >= 4 is 5.91 Å². The summed E-state index contributed by atoms with van der Waals surface area (Å²) in [7, 11) is 2.02. The molecular formula is C13H26N2O2. The number of aliphatic hydroxyl groups is 1. The van der Waals surface area contributed by atoms with Crippen LogP contribution in [0.2, 0.25) is 0 Å². The first kappa shape index (κ1) is 14.5. The fourth-order valence-electron chi connectivity index (χ4n) is 2.49. The minimum atomic E-state index is 0.104. The van der Waals surface area contributed by atoms with Crippen LogP contribution in [0.4, 0.5) is 0 Å². The topological polar surface area (TPSA) is 52.6 Å². The van der Waals surface area contributed by atoms with Crippen molar-refractivity contribution in [2.75, 3.05) is 20.2 Å². The molecule has 0 aromatic heterocycles. The number of nitrogens with zero attached hydrogens (tertiary/aromatic N) is 1. The van der Waals surface area contributed by atoms with Crippen LogP contribution in [0.3, 0.4) is 0 Å². The Morgan fingerprint density at radius 1 is 1.35 bits per heavy atom. The monoisotopic (exact) mass is 242 g/mol. The van der Waals surface area contributed by atoms with E-state index in [1.54, 1.807) is 0 Å². The maximum absolute atomic E-state index is 11.6. The van der Waals surface area contributed by atoms with Gasteiger partial charge in [-0.1, -0.05) is 0 Å². The minimum absolute atomic E-state index is 0.104. The van der Waals surface area contributed by atoms with Crippen molar-refractivity contribution in [2.45, 2.75) is 51.6 Å². The number of likely N-dealkylation sites (N-methyl/N-ethyl adjacent to an activating group) is 1. The van der Waals surface area contributed by atoms with Crippen LogP contribution in [0.5, 0.6) is 0 Å². The number of nitrogens with one attached hydrogen (secondary N) is 1. The molecule has 0 aliphatic heterocycles. The van der Waals surface area contributed by atoms with Crippen molar-refractivity contribution in [1.29, 1.82) is 0 Å². The number of carbonyl (C=O) groups is 1. The highest BCUT2D eigenvalue weighted by Crippen LogP contribution is 2.26. The van der Waals surface area contributed by atoms with Gasteiger partial charge >= 0.3 is 0 Å². The third-order valence-corrected chi connectivity index (χ3v) is 3.54. The molecule has 0 unspecified atom stereocenters. The van der Waals surface area contributed by atoms with Crippen LogP contribution in [-0.2, 0) is 4.79 Å². The van der Waals surface area contributed by atoms with Gasteiger partial charge in [0, 0.05) is 18.7 Å². The summed E-state index contributed by atoms with van der Waals surface area (Å²) in [5.74, 6) is 0.580. The van der Waals surface area contributed by atoms with Crippen molar-refractivity contribution in [1.82, 2.24) is 10.2 Å². The first-order chi connectivity index (χ1) is 8.02. The van der Waals surface area contributed by atoms with Crippen LogP contribution in [0, 0.1) is 5.92 Å². The molecular weight excluding hydrogens is 216 g/mol. The van der Waals surface area contributed by atoms with E-state index in [-0.39, 0.29) is 11.9 Å². The molecule has 0 aromatic carbocycles. The Labute approximate surface area is 104 Å². The predicted octanol–water partition coefficient (Wildman–Crippen LogP) is 0.994. The molecule has 17 heavy (non-hydrogen) atoms. The van der Waals surface area contributed by atoms with E-state index < -0.39 is 0 Å².